The first kappa shape index (κ1) is 21.1. The van der Waals surface area contributed by atoms with E-state index in [0.29, 0.717) is 15.9 Å². The number of alkyl halides is 3. The highest BCUT2D eigenvalue weighted by molar-refractivity contribution is 7.99. The van der Waals surface area contributed by atoms with Gasteiger partial charge >= 0.3 is 12.1 Å². The van der Waals surface area contributed by atoms with Gasteiger partial charge in [0.2, 0.25) is 5.91 Å². The van der Waals surface area contributed by atoms with Crippen LogP contribution >= 0.6 is 23.1 Å². The molecule has 0 unspecified atom stereocenters. The highest BCUT2D eigenvalue weighted by Gasteiger charge is 2.30. The van der Waals surface area contributed by atoms with Crippen molar-refractivity contribution in [2.24, 2.45) is 0 Å². The van der Waals surface area contributed by atoms with Gasteiger partial charge in [-0.25, -0.2) is 14.8 Å². The van der Waals surface area contributed by atoms with E-state index in [9.17, 15) is 22.8 Å². The van der Waals surface area contributed by atoms with Crippen LogP contribution in [0.4, 0.5) is 18.9 Å². The smallest absolute Gasteiger partial charge is 0.417 e. The normalized spacial score (nSPS) is 11.5. The number of pyridine rings is 2. The zero-order chi connectivity index (χ0) is 21.2. The zero-order valence-electron chi connectivity index (χ0n) is 15.2. The third kappa shape index (κ3) is 4.85. The minimum Gasteiger partial charge on any atom is -0.465 e. The molecular formula is C18H14F3N3O3S2. The number of aryl methyl sites for hydroxylation is 1. The highest BCUT2D eigenvalue weighted by Crippen LogP contribution is 2.36. The van der Waals surface area contributed by atoms with Crippen molar-refractivity contribution >= 4 is 50.9 Å². The molecule has 11 heteroatoms. The maximum absolute atomic E-state index is 12.6. The Morgan fingerprint density at radius 3 is 2.62 bits per heavy atom. The predicted octanol–water partition coefficient (Wildman–Crippen LogP) is 4.54. The summed E-state index contributed by atoms with van der Waals surface area (Å²) in [5, 5.41) is 3.55. The fourth-order valence-electron chi connectivity index (χ4n) is 2.38. The Kier molecular flexibility index (Phi) is 6.08. The summed E-state index contributed by atoms with van der Waals surface area (Å²) in [4.78, 5) is 33.3. The molecule has 0 aliphatic rings. The molecule has 3 aromatic rings. The number of methoxy groups -OCH3 is 1. The van der Waals surface area contributed by atoms with Crippen molar-refractivity contribution in [1.82, 2.24) is 9.97 Å². The average molecular weight is 441 g/mol. The molecule has 0 bridgehead atoms. The van der Waals surface area contributed by atoms with Gasteiger partial charge in [-0.3, -0.25) is 4.79 Å². The largest absolute Gasteiger partial charge is 0.465 e. The van der Waals surface area contributed by atoms with E-state index in [0.717, 1.165) is 41.1 Å². The number of ether oxygens (including phenoxy) is 1. The van der Waals surface area contributed by atoms with Crippen molar-refractivity contribution in [2.75, 3.05) is 18.2 Å². The summed E-state index contributed by atoms with van der Waals surface area (Å²) in [5.41, 5.74) is 0.203. The Balaban J connectivity index is 1.75. The number of halogens is 3. The number of hydrogen-bond acceptors (Lipinski definition) is 7. The Morgan fingerprint density at radius 2 is 2.00 bits per heavy atom. The van der Waals surface area contributed by atoms with Gasteiger partial charge in [-0.2, -0.15) is 13.2 Å². The molecule has 29 heavy (non-hydrogen) atoms. The number of thioether (sulfide) groups is 1. The molecule has 3 aromatic heterocycles. The van der Waals surface area contributed by atoms with Crippen LogP contribution in [0.25, 0.3) is 10.2 Å². The Bertz CT molecular complexity index is 1070. The van der Waals surface area contributed by atoms with E-state index in [4.69, 9.17) is 4.74 Å². The van der Waals surface area contributed by atoms with E-state index in [1.807, 2.05) is 6.92 Å². The molecule has 3 rings (SSSR count). The van der Waals surface area contributed by atoms with Crippen LogP contribution in [-0.4, -0.2) is 34.7 Å². The number of esters is 1. The second-order valence-electron chi connectivity index (χ2n) is 5.82. The van der Waals surface area contributed by atoms with E-state index in [1.165, 1.54) is 13.2 Å². The van der Waals surface area contributed by atoms with Crippen LogP contribution in [-0.2, 0) is 15.7 Å². The Hall–Kier alpha value is -2.66. The number of carbonyl (C=O) groups is 2. The van der Waals surface area contributed by atoms with E-state index < -0.39 is 23.6 Å². The van der Waals surface area contributed by atoms with Crippen LogP contribution in [0.5, 0.6) is 0 Å². The number of nitrogens with zero attached hydrogens (tertiary/aromatic N) is 2. The second kappa shape index (κ2) is 8.37. The topological polar surface area (TPSA) is 81.2 Å². The van der Waals surface area contributed by atoms with E-state index >= 15 is 0 Å². The summed E-state index contributed by atoms with van der Waals surface area (Å²) in [5.74, 6) is -1.14. The summed E-state index contributed by atoms with van der Waals surface area (Å²) >= 11 is 2.08. The van der Waals surface area contributed by atoms with E-state index in [2.05, 4.69) is 15.3 Å². The number of rotatable bonds is 5. The lowest BCUT2D eigenvalue weighted by molar-refractivity contribution is -0.137. The standard InChI is InChI=1S/C18H14F3N3O3S2/c1-9-3-5-11-14(15(17(26)27-2)29-16(11)23-9)24-12(25)8-28-13-6-4-10(7-22-13)18(19,20)21/h3-7H,8H2,1-2H3,(H,24,25). The van der Waals surface area contributed by atoms with Crippen LogP contribution in [0.15, 0.2) is 35.5 Å². The molecule has 0 saturated carbocycles. The quantitative estimate of drug-likeness (QED) is 0.463. The van der Waals surface area contributed by atoms with Crippen molar-refractivity contribution in [2.45, 2.75) is 18.1 Å². The molecule has 1 N–H and O–H groups in total. The van der Waals surface area contributed by atoms with Gasteiger partial charge in [0.1, 0.15) is 9.71 Å². The minimum absolute atomic E-state index is 0.102. The summed E-state index contributed by atoms with van der Waals surface area (Å²) in [6, 6.07) is 5.61. The number of aromatic nitrogens is 2. The minimum atomic E-state index is -4.47. The number of carbonyl (C=O) groups excluding carboxylic acids is 2. The first-order chi connectivity index (χ1) is 13.7. The van der Waals surface area contributed by atoms with Crippen LogP contribution < -0.4 is 5.32 Å². The second-order valence-corrected chi connectivity index (χ2v) is 7.82. The molecule has 152 valence electrons. The molecule has 3 heterocycles. The van der Waals surface area contributed by atoms with Crippen molar-refractivity contribution < 1.29 is 27.5 Å². The lowest BCUT2D eigenvalue weighted by atomic mass is 10.2. The van der Waals surface area contributed by atoms with Gasteiger partial charge in [-0.15, -0.1) is 11.3 Å². The molecule has 0 saturated heterocycles. The number of nitrogens with one attached hydrogen (secondary N) is 1. The maximum Gasteiger partial charge on any atom is 0.417 e. The van der Waals surface area contributed by atoms with Gasteiger partial charge < -0.3 is 10.1 Å². The van der Waals surface area contributed by atoms with Gasteiger partial charge in [0, 0.05) is 17.3 Å². The number of amides is 1. The summed E-state index contributed by atoms with van der Waals surface area (Å²) < 4.78 is 42.5. The van der Waals surface area contributed by atoms with E-state index in [-0.39, 0.29) is 15.7 Å². The lowest BCUT2D eigenvalue weighted by Crippen LogP contribution is -2.16. The molecule has 0 fully saturated rings. The van der Waals surface area contributed by atoms with Gasteiger partial charge in [0.15, 0.2) is 0 Å². The molecule has 0 spiro atoms. The number of hydrogen-bond donors (Lipinski definition) is 1. The van der Waals surface area contributed by atoms with Crippen molar-refractivity contribution in [3.63, 3.8) is 0 Å². The fourth-order valence-corrected chi connectivity index (χ4v) is 4.12. The molecule has 0 radical (unpaired) electrons. The molecule has 0 aliphatic heterocycles. The van der Waals surface area contributed by atoms with Crippen molar-refractivity contribution in [3.05, 3.63) is 46.6 Å². The lowest BCUT2D eigenvalue weighted by Gasteiger charge is -2.08. The number of anilines is 1. The molecule has 6 nitrogen and oxygen atoms in total. The first-order valence-electron chi connectivity index (χ1n) is 8.13. The van der Waals surface area contributed by atoms with Crippen LogP contribution in [0.1, 0.15) is 20.9 Å². The van der Waals surface area contributed by atoms with Crippen LogP contribution in [0.3, 0.4) is 0 Å². The average Bonchev–Trinajstić information content (AvgIpc) is 3.02. The molecule has 1 amide bonds. The Morgan fingerprint density at radius 1 is 1.24 bits per heavy atom. The van der Waals surface area contributed by atoms with Crippen molar-refractivity contribution in [3.8, 4) is 0 Å². The highest BCUT2D eigenvalue weighted by atomic mass is 32.2. The predicted molar refractivity (Wildman–Crippen MR) is 104 cm³/mol. The van der Waals surface area contributed by atoms with Crippen LogP contribution in [0, 0.1) is 6.92 Å². The molecule has 0 atom stereocenters. The summed E-state index contributed by atoms with van der Waals surface area (Å²) in [6.07, 6.45) is -3.75. The van der Waals surface area contributed by atoms with Gasteiger partial charge in [-0.05, 0) is 31.2 Å². The van der Waals surface area contributed by atoms with E-state index in [1.54, 1.807) is 12.1 Å². The van der Waals surface area contributed by atoms with Crippen molar-refractivity contribution in [1.29, 1.82) is 0 Å². The van der Waals surface area contributed by atoms with Crippen LogP contribution in [0.2, 0.25) is 0 Å². The molecule has 0 aromatic carbocycles. The van der Waals surface area contributed by atoms with Gasteiger partial charge in [0.25, 0.3) is 0 Å². The third-order valence-electron chi connectivity index (χ3n) is 3.74. The monoisotopic (exact) mass is 441 g/mol. The third-order valence-corrected chi connectivity index (χ3v) is 5.77. The number of thiophene rings is 1. The molecular weight excluding hydrogens is 427 g/mol. The summed E-state index contributed by atoms with van der Waals surface area (Å²) in [7, 11) is 1.24. The molecule has 0 aliphatic carbocycles. The van der Waals surface area contributed by atoms with Gasteiger partial charge in [-0.1, -0.05) is 11.8 Å². The first-order valence-corrected chi connectivity index (χ1v) is 9.93. The zero-order valence-corrected chi connectivity index (χ0v) is 16.8. The summed E-state index contributed by atoms with van der Waals surface area (Å²) in [6.45, 7) is 1.81. The SMILES string of the molecule is COC(=O)c1sc2nc(C)ccc2c1NC(=O)CSc1ccc(C(F)(F)F)cn1. The number of fused-ring (bicyclic) bond motifs is 1. The Labute approximate surface area is 171 Å². The maximum atomic E-state index is 12.6. The van der Waals surface area contributed by atoms with Gasteiger partial charge in [0.05, 0.1) is 29.1 Å². The fraction of sp³-hybridized carbons (Fsp3) is 0.222.